The van der Waals surface area contributed by atoms with E-state index in [2.05, 4.69) is 0 Å². The highest BCUT2D eigenvalue weighted by atomic mass is 16.5. The number of methoxy groups -OCH3 is 2. The average molecular weight is 298 g/mol. The topological polar surface area (TPSA) is 74.2 Å². The van der Waals surface area contributed by atoms with Crippen molar-refractivity contribution in [1.29, 1.82) is 0 Å². The molecule has 0 saturated carbocycles. The second-order valence-electron chi connectivity index (χ2n) is 4.57. The predicted molar refractivity (Wildman–Crippen MR) is 76.9 cm³/mol. The van der Waals surface area contributed by atoms with Gasteiger partial charge in [0.25, 0.3) is 0 Å². The third-order valence-electron chi connectivity index (χ3n) is 2.68. The smallest absolute Gasteiger partial charge is 0.339 e. The Balaban J connectivity index is 3.23. The van der Waals surface area contributed by atoms with E-state index in [0.29, 0.717) is 17.2 Å². The van der Waals surface area contributed by atoms with Gasteiger partial charge in [-0.15, -0.1) is 0 Å². The summed E-state index contributed by atoms with van der Waals surface area (Å²) in [5.41, 5.74) is 0.268. The normalized spacial score (nSPS) is 12.0. The van der Waals surface area contributed by atoms with Crippen LogP contribution in [0.25, 0.3) is 0 Å². The molecule has 0 amide bonds. The van der Waals surface area contributed by atoms with Crippen LogP contribution in [0.4, 0.5) is 0 Å². The molecule has 0 aromatic heterocycles. The van der Waals surface area contributed by atoms with Crippen molar-refractivity contribution in [3.63, 3.8) is 0 Å². The van der Waals surface area contributed by atoms with Gasteiger partial charge in [0.15, 0.2) is 17.6 Å². The molecule has 6 heteroatoms. The first-order valence-electron chi connectivity index (χ1n) is 6.71. The van der Waals surface area contributed by atoms with Gasteiger partial charge in [-0.2, -0.15) is 0 Å². The SMILES string of the molecule is CCOC(=O)C(O)c1cc(OC)c(OC(C)C)cc1OC. The fourth-order valence-electron chi connectivity index (χ4n) is 1.80. The molecule has 0 radical (unpaired) electrons. The Kier molecular flexibility index (Phi) is 6.30. The number of carbonyl (C=O) groups excluding carboxylic acids is 1. The van der Waals surface area contributed by atoms with Crippen LogP contribution >= 0.6 is 0 Å². The summed E-state index contributed by atoms with van der Waals surface area (Å²) in [6.45, 7) is 5.62. The van der Waals surface area contributed by atoms with Gasteiger partial charge < -0.3 is 24.1 Å². The fraction of sp³-hybridized carbons (Fsp3) is 0.533. The molecule has 0 spiro atoms. The number of benzene rings is 1. The van der Waals surface area contributed by atoms with E-state index in [9.17, 15) is 9.90 Å². The van der Waals surface area contributed by atoms with Crippen LogP contribution in [0.5, 0.6) is 17.2 Å². The molecule has 1 unspecified atom stereocenters. The first-order valence-corrected chi connectivity index (χ1v) is 6.71. The lowest BCUT2D eigenvalue weighted by Gasteiger charge is -2.19. The van der Waals surface area contributed by atoms with Gasteiger partial charge in [-0.25, -0.2) is 4.79 Å². The Bertz CT molecular complexity index is 483. The van der Waals surface area contributed by atoms with Crippen molar-refractivity contribution in [2.45, 2.75) is 33.0 Å². The van der Waals surface area contributed by atoms with E-state index in [1.807, 2.05) is 13.8 Å². The van der Waals surface area contributed by atoms with Crippen molar-refractivity contribution in [3.8, 4) is 17.2 Å². The number of aliphatic hydroxyl groups excluding tert-OH is 1. The van der Waals surface area contributed by atoms with E-state index in [1.165, 1.54) is 20.3 Å². The molecule has 0 saturated heterocycles. The zero-order chi connectivity index (χ0) is 16.0. The van der Waals surface area contributed by atoms with Gasteiger partial charge in [-0.3, -0.25) is 0 Å². The van der Waals surface area contributed by atoms with Gasteiger partial charge in [-0.05, 0) is 26.8 Å². The molecule has 118 valence electrons. The van der Waals surface area contributed by atoms with Crippen molar-refractivity contribution in [2.24, 2.45) is 0 Å². The molecule has 0 aliphatic carbocycles. The largest absolute Gasteiger partial charge is 0.496 e. The maximum atomic E-state index is 11.7. The van der Waals surface area contributed by atoms with Crippen LogP contribution in [0.3, 0.4) is 0 Å². The van der Waals surface area contributed by atoms with Gasteiger partial charge in [-0.1, -0.05) is 0 Å². The molecule has 0 fully saturated rings. The fourth-order valence-corrected chi connectivity index (χ4v) is 1.80. The van der Waals surface area contributed by atoms with Crippen molar-refractivity contribution in [3.05, 3.63) is 17.7 Å². The summed E-state index contributed by atoms with van der Waals surface area (Å²) >= 11 is 0. The standard InChI is InChI=1S/C15H22O6/c1-6-20-15(17)14(16)10-7-12(19-5)13(21-9(2)3)8-11(10)18-4/h7-9,14,16H,6H2,1-5H3. The third kappa shape index (κ3) is 4.26. The van der Waals surface area contributed by atoms with Crippen LogP contribution in [0.1, 0.15) is 32.4 Å². The van der Waals surface area contributed by atoms with E-state index >= 15 is 0 Å². The van der Waals surface area contributed by atoms with Gasteiger partial charge in [0.1, 0.15) is 5.75 Å². The summed E-state index contributed by atoms with van der Waals surface area (Å²) in [6, 6.07) is 3.09. The van der Waals surface area contributed by atoms with Crippen LogP contribution in [-0.4, -0.2) is 38.0 Å². The lowest BCUT2D eigenvalue weighted by Crippen LogP contribution is -2.16. The molecule has 0 bridgehead atoms. The molecule has 1 rings (SSSR count). The van der Waals surface area contributed by atoms with E-state index < -0.39 is 12.1 Å². The van der Waals surface area contributed by atoms with Crippen LogP contribution in [0.2, 0.25) is 0 Å². The number of esters is 1. The first kappa shape index (κ1) is 17.1. The Morgan fingerprint density at radius 1 is 1.14 bits per heavy atom. The zero-order valence-electron chi connectivity index (χ0n) is 13.0. The van der Waals surface area contributed by atoms with Gasteiger partial charge >= 0.3 is 5.97 Å². The molecule has 1 aromatic carbocycles. The molecule has 1 aromatic rings. The van der Waals surface area contributed by atoms with Crippen LogP contribution in [0.15, 0.2) is 12.1 Å². The Hall–Kier alpha value is -1.95. The average Bonchev–Trinajstić information content (AvgIpc) is 2.45. The molecule has 21 heavy (non-hydrogen) atoms. The number of hydrogen-bond acceptors (Lipinski definition) is 6. The molecule has 6 nitrogen and oxygen atoms in total. The van der Waals surface area contributed by atoms with Crippen molar-refractivity contribution >= 4 is 5.97 Å². The molecular weight excluding hydrogens is 276 g/mol. The monoisotopic (exact) mass is 298 g/mol. The highest BCUT2D eigenvalue weighted by Gasteiger charge is 2.25. The van der Waals surface area contributed by atoms with Gasteiger partial charge in [0.2, 0.25) is 0 Å². The van der Waals surface area contributed by atoms with E-state index in [0.717, 1.165) is 0 Å². The molecule has 0 heterocycles. The van der Waals surface area contributed by atoms with E-state index in [4.69, 9.17) is 18.9 Å². The quantitative estimate of drug-likeness (QED) is 0.777. The minimum Gasteiger partial charge on any atom is -0.496 e. The molecule has 1 N–H and O–H groups in total. The summed E-state index contributed by atoms with van der Waals surface area (Å²) in [5, 5.41) is 10.1. The number of rotatable bonds is 7. The number of carbonyl (C=O) groups is 1. The van der Waals surface area contributed by atoms with Crippen LogP contribution in [0, 0.1) is 0 Å². The third-order valence-corrected chi connectivity index (χ3v) is 2.68. The van der Waals surface area contributed by atoms with Gasteiger partial charge in [0, 0.05) is 11.6 Å². The Morgan fingerprint density at radius 2 is 1.76 bits per heavy atom. The van der Waals surface area contributed by atoms with Crippen LogP contribution < -0.4 is 14.2 Å². The Morgan fingerprint density at radius 3 is 2.24 bits per heavy atom. The highest BCUT2D eigenvalue weighted by Crippen LogP contribution is 2.38. The lowest BCUT2D eigenvalue weighted by atomic mass is 10.1. The summed E-state index contributed by atoms with van der Waals surface area (Å²) < 4.78 is 20.9. The number of hydrogen-bond donors (Lipinski definition) is 1. The summed E-state index contributed by atoms with van der Waals surface area (Å²) in [7, 11) is 2.93. The predicted octanol–water partition coefficient (Wildman–Crippen LogP) is 2.09. The van der Waals surface area contributed by atoms with Gasteiger partial charge in [0.05, 0.1) is 26.9 Å². The Labute approximate surface area is 124 Å². The molecule has 0 aliphatic heterocycles. The second kappa shape index (κ2) is 7.73. The lowest BCUT2D eigenvalue weighted by molar-refractivity contribution is -0.153. The molecular formula is C15H22O6. The minimum atomic E-state index is -1.44. The van der Waals surface area contributed by atoms with Crippen molar-refractivity contribution < 1.29 is 28.8 Å². The zero-order valence-corrected chi connectivity index (χ0v) is 13.0. The summed E-state index contributed by atoms with van der Waals surface area (Å²) in [5.74, 6) is 0.467. The summed E-state index contributed by atoms with van der Waals surface area (Å²) in [4.78, 5) is 11.7. The van der Waals surface area contributed by atoms with Crippen LogP contribution in [-0.2, 0) is 9.53 Å². The highest BCUT2D eigenvalue weighted by molar-refractivity contribution is 5.78. The number of ether oxygens (including phenoxy) is 4. The maximum absolute atomic E-state index is 11.7. The van der Waals surface area contributed by atoms with E-state index in [1.54, 1.807) is 13.0 Å². The minimum absolute atomic E-state index is 0.0514. The molecule has 0 aliphatic rings. The maximum Gasteiger partial charge on any atom is 0.339 e. The first-order chi connectivity index (χ1) is 9.94. The molecule has 1 atom stereocenters. The summed E-state index contributed by atoms with van der Waals surface area (Å²) in [6.07, 6.45) is -1.49. The van der Waals surface area contributed by atoms with Crippen molar-refractivity contribution in [2.75, 3.05) is 20.8 Å². The van der Waals surface area contributed by atoms with E-state index in [-0.39, 0.29) is 18.3 Å². The van der Waals surface area contributed by atoms with Crippen molar-refractivity contribution in [1.82, 2.24) is 0 Å². The second-order valence-corrected chi connectivity index (χ2v) is 4.57. The number of aliphatic hydroxyl groups is 1.